The van der Waals surface area contributed by atoms with E-state index in [4.69, 9.17) is 0 Å². The number of nitrogens with zero attached hydrogens (tertiary/aromatic N) is 2. The molecule has 53 heavy (non-hydrogen) atoms. The zero-order valence-corrected chi connectivity index (χ0v) is 30.9. The predicted octanol–water partition coefficient (Wildman–Crippen LogP) is 15.1. The number of fused-ring (bicyclic) bond motifs is 2. The second kappa shape index (κ2) is 14.9. The van der Waals surface area contributed by atoms with Gasteiger partial charge in [-0.25, -0.2) is 0 Å². The van der Waals surface area contributed by atoms with E-state index in [2.05, 4.69) is 219 Å². The summed E-state index contributed by atoms with van der Waals surface area (Å²) in [5, 5.41) is 4.94. The minimum absolute atomic E-state index is 0.183. The molecule has 0 heterocycles. The standard InChI is InChI=1S/C51H46N2/c1-4-36-51(3,5-2)43-27-34-47(35-28-43)53(50-21-13-17-41-15-11-12-20-49(41)50)46-31-24-40(25-32-46)39-22-29-45(30-23-39)52(44-18-7-6-8-19-44)48-33-26-38-14-9-10-16-42(38)37-48/h6-35,37H,4-5,36H2,1-3H3. The van der Waals surface area contributed by atoms with Crippen molar-refractivity contribution < 1.29 is 0 Å². The van der Waals surface area contributed by atoms with Crippen molar-refractivity contribution in [1.29, 1.82) is 0 Å². The van der Waals surface area contributed by atoms with E-state index in [-0.39, 0.29) is 5.41 Å². The van der Waals surface area contributed by atoms with Gasteiger partial charge in [-0.05, 0) is 118 Å². The second-order valence-electron chi connectivity index (χ2n) is 14.3. The van der Waals surface area contributed by atoms with Crippen LogP contribution in [0.1, 0.15) is 45.6 Å². The van der Waals surface area contributed by atoms with Gasteiger partial charge < -0.3 is 9.80 Å². The van der Waals surface area contributed by atoms with Gasteiger partial charge in [0.25, 0.3) is 0 Å². The zero-order valence-electron chi connectivity index (χ0n) is 30.9. The Balaban J connectivity index is 1.14. The van der Waals surface area contributed by atoms with Crippen LogP contribution in [0, 0.1) is 0 Å². The van der Waals surface area contributed by atoms with E-state index in [1.54, 1.807) is 0 Å². The minimum Gasteiger partial charge on any atom is -0.310 e. The van der Waals surface area contributed by atoms with Crippen LogP contribution in [0.5, 0.6) is 0 Å². The van der Waals surface area contributed by atoms with E-state index in [1.807, 2.05) is 0 Å². The third kappa shape index (κ3) is 6.81. The molecule has 1 unspecified atom stereocenters. The molecule has 8 aromatic carbocycles. The molecule has 0 saturated carbocycles. The van der Waals surface area contributed by atoms with Gasteiger partial charge in [-0.2, -0.15) is 0 Å². The Morgan fingerprint density at radius 2 is 0.925 bits per heavy atom. The molecule has 260 valence electrons. The molecule has 0 fully saturated rings. The highest BCUT2D eigenvalue weighted by Gasteiger charge is 2.24. The Hall–Kier alpha value is -6.12. The number of hydrogen-bond donors (Lipinski definition) is 0. The summed E-state index contributed by atoms with van der Waals surface area (Å²) in [5.41, 5.74) is 10.8. The molecule has 0 amide bonds. The van der Waals surface area contributed by atoms with Gasteiger partial charge in [0.05, 0.1) is 5.69 Å². The normalized spacial score (nSPS) is 12.4. The van der Waals surface area contributed by atoms with Gasteiger partial charge in [0.2, 0.25) is 0 Å². The lowest BCUT2D eigenvalue weighted by molar-refractivity contribution is 0.414. The quantitative estimate of drug-likeness (QED) is 0.134. The SMILES string of the molecule is CCCC(C)(CC)c1ccc(N(c2ccc(-c3ccc(N(c4ccccc4)c4ccc5ccccc5c4)cc3)cc2)c2cccc3ccccc23)cc1. The van der Waals surface area contributed by atoms with Crippen LogP contribution in [0.3, 0.4) is 0 Å². The fraction of sp³-hybridized carbons (Fsp3) is 0.137. The number of hydrogen-bond acceptors (Lipinski definition) is 2. The third-order valence-corrected chi connectivity index (χ3v) is 11.0. The van der Waals surface area contributed by atoms with Crippen molar-refractivity contribution in [3.63, 3.8) is 0 Å². The van der Waals surface area contributed by atoms with Crippen molar-refractivity contribution in [2.75, 3.05) is 9.80 Å². The smallest absolute Gasteiger partial charge is 0.0540 e. The average molecular weight is 687 g/mol. The Kier molecular flexibility index (Phi) is 9.53. The molecule has 0 aliphatic carbocycles. The molecule has 0 saturated heterocycles. The minimum atomic E-state index is 0.183. The summed E-state index contributed by atoms with van der Waals surface area (Å²) in [5.74, 6) is 0. The lowest BCUT2D eigenvalue weighted by Crippen LogP contribution is -2.20. The summed E-state index contributed by atoms with van der Waals surface area (Å²) in [6, 6.07) is 68.4. The highest BCUT2D eigenvalue weighted by atomic mass is 15.1. The number of rotatable bonds is 11. The van der Waals surface area contributed by atoms with Crippen molar-refractivity contribution in [2.45, 2.75) is 45.4 Å². The summed E-state index contributed by atoms with van der Waals surface area (Å²) in [7, 11) is 0. The van der Waals surface area contributed by atoms with Crippen LogP contribution in [0.2, 0.25) is 0 Å². The van der Waals surface area contributed by atoms with Gasteiger partial charge in [0.15, 0.2) is 0 Å². The molecular weight excluding hydrogens is 641 g/mol. The monoisotopic (exact) mass is 686 g/mol. The first kappa shape index (κ1) is 34.0. The third-order valence-electron chi connectivity index (χ3n) is 11.0. The maximum Gasteiger partial charge on any atom is 0.0540 e. The van der Waals surface area contributed by atoms with Gasteiger partial charge in [-0.15, -0.1) is 0 Å². The van der Waals surface area contributed by atoms with Crippen LogP contribution < -0.4 is 9.80 Å². The summed E-state index contributed by atoms with van der Waals surface area (Å²) in [6.07, 6.45) is 3.49. The van der Waals surface area contributed by atoms with Crippen molar-refractivity contribution >= 4 is 55.7 Å². The van der Waals surface area contributed by atoms with Gasteiger partial charge in [-0.1, -0.05) is 149 Å². The summed E-state index contributed by atoms with van der Waals surface area (Å²) in [4.78, 5) is 4.74. The first-order valence-corrected chi connectivity index (χ1v) is 19.0. The molecule has 0 aromatic heterocycles. The fourth-order valence-electron chi connectivity index (χ4n) is 7.87. The van der Waals surface area contributed by atoms with E-state index in [9.17, 15) is 0 Å². The highest BCUT2D eigenvalue weighted by Crippen LogP contribution is 2.42. The number of anilines is 6. The largest absolute Gasteiger partial charge is 0.310 e. The molecule has 2 nitrogen and oxygen atoms in total. The van der Waals surface area contributed by atoms with Gasteiger partial charge in [-0.3, -0.25) is 0 Å². The second-order valence-corrected chi connectivity index (χ2v) is 14.3. The topological polar surface area (TPSA) is 6.48 Å². The highest BCUT2D eigenvalue weighted by molar-refractivity contribution is 5.99. The van der Waals surface area contributed by atoms with E-state index in [0.29, 0.717) is 0 Å². The summed E-state index contributed by atoms with van der Waals surface area (Å²) in [6.45, 7) is 7.00. The van der Waals surface area contributed by atoms with E-state index < -0.39 is 0 Å². The Morgan fingerprint density at radius 3 is 1.57 bits per heavy atom. The number of para-hydroxylation sites is 1. The van der Waals surface area contributed by atoms with Crippen LogP contribution in [0.25, 0.3) is 32.7 Å². The summed E-state index contributed by atoms with van der Waals surface area (Å²) >= 11 is 0. The maximum absolute atomic E-state index is 2.41. The van der Waals surface area contributed by atoms with Crippen molar-refractivity contribution in [3.05, 3.63) is 194 Å². The number of benzene rings is 8. The molecule has 2 heteroatoms. The Labute approximate surface area is 314 Å². The molecule has 0 N–H and O–H groups in total. The first-order valence-electron chi connectivity index (χ1n) is 19.0. The first-order chi connectivity index (χ1) is 26.0. The molecule has 0 aliphatic rings. The van der Waals surface area contributed by atoms with Crippen LogP contribution in [-0.2, 0) is 5.41 Å². The molecule has 0 aliphatic heterocycles. The molecule has 1 atom stereocenters. The molecular formula is C51H46N2. The van der Waals surface area contributed by atoms with Crippen LogP contribution in [0.15, 0.2) is 188 Å². The molecule has 0 radical (unpaired) electrons. The van der Waals surface area contributed by atoms with E-state index >= 15 is 0 Å². The van der Waals surface area contributed by atoms with Gasteiger partial charge in [0, 0.05) is 33.8 Å². The van der Waals surface area contributed by atoms with Crippen molar-refractivity contribution in [1.82, 2.24) is 0 Å². The van der Waals surface area contributed by atoms with Gasteiger partial charge in [0.1, 0.15) is 0 Å². The van der Waals surface area contributed by atoms with Crippen LogP contribution in [0.4, 0.5) is 34.1 Å². The van der Waals surface area contributed by atoms with E-state index in [1.165, 1.54) is 56.8 Å². The van der Waals surface area contributed by atoms with E-state index in [0.717, 1.165) is 34.9 Å². The van der Waals surface area contributed by atoms with Crippen LogP contribution in [-0.4, -0.2) is 0 Å². The van der Waals surface area contributed by atoms with Gasteiger partial charge >= 0.3 is 0 Å². The molecule has 8 rings (SSSR count). The zero-order chi connectivity index (χ0) is 36.2. The lowest BCUT2D eigenvalue weighted by Gasteiger charge is -2.31. The van der Waals surface area contributed by atoms with Crippen LogP contribution >= 0.6 is 0 Å². The van der Waals surface area contributed by atoms with Crippen molar-refractivity contribution in [2.24, 2.45) is 0 Å². The average Bonchev–Trinajstić information content (AvgIpc) is 3.22. The fourth-order valence-corrected chi connectivity index (χ4v) is 7.87. The summed E-state index contributed by atoms with van der Waals surface area (Å²) < 4.78 is 0. The lowest BCUT2D eigenvalue weighted by atomic mass is 9.76. The Bertz CT molecular complexity index is 2440. The Morgan fingerprint density at radius 1 is 0.415 bits per heavy atom. The predicted molar refractivity (Wildman–Crippen MR) is 229 cm³/mol. The molecule has 8 aromatic rings. The molecule has 0 spiro atoms. The maximum atomic E-state index is 2.41. The molecule has 0 bridgehead atoms. The van der Waals surface area contributed by atoms with Crippen molar-refractivity contribution in [3.8, 4) is 11.1 Å².